The highest BCUT2D eigenvalue weighted by Gasteiger charge is 2.14. The highest BCUT2D eigenvalue weighted by atomic mass is 32.1. The Balaban J connectivity index is 1.85. The highest BCUT2D eigenvalue weighted by Crippen LogP contribution is 2.22. The molecule has 0 saturated carbocycles. The first-order chi connectivity index (χ1) is 11.3. The predicted octanol–water partition coefficient (Wildman–Crippen LogP) is 4.57. The molecular weight excluding hydrogens is 336 g/mol. The Labute approximate surface area is 142 Å². The van der Waals surface area contributed by atoms with E-state index in [9.17, 15) is 18.4 Å². The maximum atomic E-state index is 12.1. The molecule has 0 bridgehead atoms. The van der Waals surface area contributed by atoms with Crippen molar-refractivity contribution in [1.82, 2.24) is 0 Å². The summed E-state index contributed by atoms with van der Waals surface area (Å²) in [4.78, 5) is 26.0. The van der Waals surface area contributed by atoms with Crippen LogP contribution in [0.3, 0.4) is 0 Å². The second kappa shape index (κ2) is 8.01. The minimum absolute atomic E-state index is 0.0153. The summed E-state index contributed by atoms with van der Waals surface area (Å²) in [6.07, 6.45) is 0.178. The van der Waals surface area contributed by atoms with E-state index in [2.05, 4.69) is 10.1 Å². The molecule has 0 saturated heterocycles. The summed E-state index contributed by atoms with van der Waals surface area (Å²) in [7, 11) is 0. The number of Topliss-reactive ketones (excluding diaryl/α,β-unsaturated/α-hetero) is 1. The summed E-state index contributed by atoms with van der Waals surface area (Å²) in [5, 5.41) is 2.62. The molecule has 0 aliphatic carbocycles. The van der Waals surface area contributed by atoms with Gasteiger partial charge in [-0.2, -0.15) is 8.78 Å². The van der Waals surface area contributed by atoms with Gasteiger partial charge in [0.05, 0.1) is 0 Å². The van der Waals surface area contributed by atoms with Crippen LogP contribution in [0.4, 0.5) is 14.5 Å². The molecule has 1 aromatic heterocycles. The van der Waals surface area contributed by atoms with E-state index in [1.165, 1.54) is 24.3 Å². The van der Waals surface area contributed by atoms with Crippen molar-refractivity contribution >= 4 is 28.7 Å². The Morgan fingerprint density at radius 2 is 1.83 bits per heavy atom. The van der Waals surface area contributed by atoms with E-state index in [1.54, 1.807) is 11.3 Å². The van der Waals surface area contributed by atoms with Gasteiger partial charge in [0.25, 0.3) is 0 Å². The first-order valence-corrected chi connectivity index (χ1v) is 8.12. The van der Waals surface area contributed by atoms with Gasteiger partial charge in [0.15, 0.2) is 5.78 Å². The van der Waals surface area contributed by atoms with Crippen molar-refractivity contribution in [3.05, 3.63) is 45.6 Å². The molecule has 0 fully saturated rings. The zero-order valence-corrected chi connectivity index (χ0v) is 14.1. The van der Waals surface area contributed by atoms with Crippen molar-refractivity contribution in [3.63, 3.8) is 0 Å². The van der Waals surface area contributed by atoms with Crippen molar-refractivity contribution in [3.8, 4) is 5.75 Å². The number of carbonyl (C=O) groups is 2. The standard InChI is InChI=1S/C17H17F2NO3S/c1-10-9-14(11(2)24-10)15(21)7-8-16(22)20-12-3-5-13(6-4-12)23-17(18)19/h3-6,9,17H,7-8H2,1-2H3,(H,20,22). The molecule has 2 aromatic rings. The van der Waals surface area contributed by atoms with Gasteiger partial charge in [-0.3, -0.25) is 9.59 Å². The number of hydrogen-bond donors (Lipinski definition) is 1. The van der Waals surface area contributed by atoms with Crippen LogP contribution in [0.1, 0.15) is 33.0 Å². The van der Waals surface area contributed by atoms with Crippen LogP contribution in [0.5, 0.6) is 5.75 Å². The zero-order chi connectivity index (χ0) is 17.7. The lowest BCUT2D eigenvalue weighted by Gasteiger charge is -2.07. The Bertz CT molecular complexity index is 726. The fraction of sp³-hybridized carbons (Fsp3) is 0.294. The van der Waals surface area contributed by atoms with Gasteiger partial charge in [0.2, 0.25) is 5.91 Å². The minimum atomic E-state index is -2.89. The van der Waals surface area contributed by atoms with E-state index in [1.807, 2.05) is 19.9 Å². The largest absolute Gasteiger partial charge is 0.435 e. The first kappa shape index (κ1) is 18.1. The number of benzene rings is 1. The molecular formula is C17H17F2NO3S. The van der Waals surface area contributed by atoms with E-state index in [0.29, 0.717) is 11.3 Å². The fourth-order valence-corrected chi connectivity index (χ4v) is 3.16. The average molecular weight is 353 g/mol. The number of thiophene rings is 1. The van der Waals surface area contributed by atoms with Gasteiger partial charge < -0.3 is 10.1 Å². The predicted molar refractivity (Wildman–Crippen MR) is 89.1 cm³/mol. The van der Waals surface area contributed by atoms with E-state index >= 15 is 0 Å². The van der Waals surface area contributed by atoms with Crippen molar-refractivity contribution in [2.45, 2.75) is 33.3 Å². The zero-order valence-electron chi connectivity index (χ0n) is 13.3. The first-order valence-electron chi connectivity index (χ1n) is 7.30. The third-order valence-corrected chi connectivity index (χ3v) is 4.25. The van der Waals surface area contributed by atoms with Crippen LogP contribution in [0.25, 0.3) is 0 Å². The maximum Gasteiger partial charge on any atom is 0.387 e. The Morgan fingerprint density at radius 1 is 1.17 bits per heavy atom. The van der Waals surface area contributed by atoms with Gasteiger partial charge >= 0.3 is 6.61 Å². The third-order valence-electron chi connectivity index (χ3n) is 3.28. The normalized spacial score (nSPS) is 10.7. The molecule has 24 heavy (non-hydrogen) atoms. The quantitative estimate of drug-likeness (QED) is 0.742. The monoisotopic (exact) mass is 353 g/mol. The van der Waals surface area contributed by atoms with Crippen molar-refractivity contribution < 1.29 is 23.1 Å². The maximum absolute atomic E-state index is 12.1. The Kier molecular flexibility index (Phi) is 6.03. The summed E-state index contributed by atoms with van der Waals surface area (Å²) < 4.78 is 28.3. The van der Waals surface area contributed by atoms with Gasteiger partial charge in [0, 0.05) is 33.8 Å². The lowest BCUT2D eigenvalue weighted by atomic mass is 10.1. The molecule has 1 amide bonds. The SMILES string of the molecule is Cc1cc(C(=O)CCC(=O)Nc2ccc(OC(F)F)cc2)c(C)s1. The number of halogens is 2. The van der Waals surface area contributed by atoms with Gasteiger partial charge in [-0.25, -0.2) is 0 Å². The molecule has 1 N–H and O–H groups in total. The van der Waals surface area contributed by atoms with Gasteiger partial charge in [-0.15, -0.1) is 11.3 Å². The molecule has 0 atom stereocenters. The van der Waals surface area contributed by atoms with E-state index in [4.69, 9.17) is 0 Å². The number of ether oxygens (including phenoxy) is 1. The molecule has 1 aromatic carbocycles. The summed E-state index contributed by atoms with van der Waals surface area (Å²) in [6, 6.07) is 7.43. The van der Waals surface area contributed by atoms with Gasteiger partial charge in [-0.1, -0.05) is 0 Å². The van der Waals surface area contributed by atoms with Crippen molar-refractivity contribution in [2.75, 3.05) is 5.32 Å². The van der Waals surface area contributed by atoms with Crippen molar-refractivity contribution in [1.29, 1.82) is 0 Å². The number of amides is 1. The van der Waals surface area contributed by atoms with Crippen LogP contribution in [-0.2, 0) is 4.79 Å². The molecule has 4 nitrogen and oxygen atoms in total. The Hall–Kier alpha value is -2.28. The average Bonchev–Trinajstić information content (AvgIpc) is 2.85. The molecule has 0 spiro atoms. The summed E-state index contributed by atoms with van der Waals surface area (Å²) in [5.41, 5.74) is 1.12. The second-order valence-electron chi connectivity index (χ2n) is 5.20. The number of hydrogen-bond acceptors (Lipinski definition) is 4. The fourth-order valence-electron chi connectivity index (χ4n) is 2.21. The minimum Gasteiger partial charge on any atom is -0.435 e. The smallest absolute Gasteiger partial charge is 0.387 e. The van der Waals surface area contributed by atoms with Crippen LogP contribution in [0.15, 0.2) is 30.3 Å². The van der Waals surface area contributed by atoms with Gasteiger partial charge in [0.1, 0.15) is 5.75 Å². The van der Waals surface area contributed by atoms with E-state index < -0.39 is 6.61 Å². The number of carbonyl (C=O) groups excluding carboxylic acids is 2. The number of aryl methyl sites for hydroxylation is 2. The number of ketones is 1. The number of alkyl halides is 2. The lowest BCUT2D eigenvalue weighted by molar-refractivity contribution is -0.116. The lowest BCUT2D eigenvalue weighted by Crippen LogP contribution is -2.13. The molecule has 7 heteroatoms. The molecule has 0 aliphatic heterocycles. The second-order valence-corrected chi connectivity index (χ2v) is 6.66. The number of nitrogens with one attached hydrogen (secondary N) is 1. The molecule has 2 rings (SSSR count). The van der Waals surface area contributed by atoms with Crippen LogP contribution in [0, 0.1) is 13.8 Å². The summed E-state index contributed by atoms with van der Waals surface area (Å²) in [6.45, 7) is 0.928. The molecule has 0 unspecified atom stereocenters. The van der Waals surface area contributed by atoms with Crippen LogP contribution in [-0.4, -0.2) is 18.3 Å². The third kappa shape index (κ3) is 5.13. The van der Waals surface area contributed by atoms with Crippen molar-refractivity contribution in [2.24, 2.45) is 0 Å². The summed E-state index contributed by atoms with van der Waals surface area (Å²) >= 11 is 1.55. The number of rotatable bonds is 7. The molecule has 0 radical (unpaired) electrons. The highest BCUT2D eigenvalue weighted by molar-refractivity contribution is 7.12. The van der Waals surface area contributed by atoms with Crippen LogP contribution >= 0.6 is 11.3 Å². The van der Waals surface area contributed by atoms with Gasteiger partial charge in [-0.05, 0) is 44.2 Å². The Morgan fingerprint density at radius 3 is 2.38 bits per heavy atom. The van der Waals surface area contributed by atoms with E-state index in [-0.39, 0.29) is 30.3 Å². The van der Waals surface area contributed by atoms with E-state index in [0.717, 1.165) is 9.75 Å². The van der Waals surface area contributed by atoms with Crippen LogP contribution < -0.4 is 10.1 Å². The molecule has 0 aliphatic rings. The van der Waals surface area contributed by atoms with Crippen LogP contribution in [0.2, 0.25) is 0 Å². The number of anilines is 1. The molecule has 1 heterocycles. The molecule has 128 valence electrons. The topological polar surface area (TPSA) is 55.4 Å². The summed E-state index contributed by atoms with van der Waals surface area (Å²) in [5.74, 6) is -0.357.